The first-order valence-electron chi connectivity index (χ1n) is 6.47. The third-order valence-electron chi connectivity index (χ3n) is 3.25. The van der Waals surface area contributed by atoms with Gasteiger partial charge < -0.3 is 14.8 Å². The van der Waals surface area contributed by atoms with Crippen LogP contribution in [-0.2, 0) is 0 Å². The fraction of sp³-hybridized carbons (Fsp3) is 0.267. The molecule has 2 heterocycles. The fourth-order valence-corrected chi connectivity index (χ4v) is 2.31. The normalized spacial score (nSPS) is 14.9. The van der Waals surface area contributed by atoms with Crippen LogP contribution in [0, 0.1) is 5.82 Å². The lowest BCUT2D eigenvalue weighted by molar-refractivity contribution is 0.171. The van der Waals surface area contributed by atoms with E-state index in [2.05, 4.69) is 10.3 Å². The zero-order valence-corrected chi connectivity index (χ0v) is 11.1. The van der Waals surface area contributed by atoms with Crippen LogP contribution in [0.1, 0.15) is 17.3 Å². The molecule has 0 saturated heterocycles. The predicted molar refractivity (Wildman–Crippen MR) is 72.5 cm³/mol. The quantitative estimate of drug-likeness (QED) is 0.932. The molecule has 1 unspecified atom stereocenters. The number of fused-ring (bicyclic) bond motifs is 1. The van der Waals surface area contributed by atoms with Crippen molar-refractivity contribution in [3.8, 4) is 11.5 Å². The van der Waals surface area contributed by atoms with Crippen molar-refractivity contribution in [2.24, 2.45) is 0 Å². The Bertz CT molecular complexity index is 619. The van der Waals surface area contributed by atoms with Gasteiger partial charge in [0, 0.05) is 6.20 Å². The molecule has 104 valence electrons. The molecule has 1 N–H and O–H groups in total. The van der Waals surface area contributed by atoms with E-state index in [0.717, 1.165) is 11.3 Å². The minimum Gasteiger partial charge on any atom is -0.486 e. The van der Waals surface area contributed by atoms with Gasteiger partial charge in [-0.25, -0.2) is 4.39 Å². The second-order valence-electron chi connectivity index (χ2n) is 4.50. The summed E-state index contributed by atoms with van der Waals surface area (Å²) in [6, 6.07) is 8.26. The summed E-state index contributed by atoms with van der Waals surface area (Å²) < 4.78 is 24.9. The highest BCUT2D eigenvalue weighted by molar-refractivity contribution is 5.46. The van der Waals surface area contributed by atoms with Gasteiger partial charge in [-0.3, -0.25) is 4.98 Å². The Morgan fingerprint density at radius 2 is 2.00 bits per heavy atom. The van der Waals surface area contributed by atoms with Gasteiger partial charge in [-0.15, -0.1) is 0 Å². The summed E-state index contributed by atoms with van der Waals surface area (Å²) in [6.45, 7) is 1.08. The maximum absolute atomic E-state index is 13.9. The number of nitrogens with zero attached hydrogens (tertiary/aromatic N) is 1. The van der Waals surface area contributed by atoms with Crippen LogP contribution in [0.15, 0.2) is 36.5 Å². The molecule has 5 heteroatoms. The van der Waals surface area contributed by atoms with Crippen LogP contribution in [0.4, 0.5) is 4.39 Å². The lowest BCUT2D eigenvalue weighted by Gasteiger charge is -2.22. The zero-order valence-electron chi connectivity index (χ0n) is 11.1. The van der Waals surface area contributed by atoms with Crippen LogP contribution in [0.2, 0.25) is 0 Å². The lowest BCUT2D eigenvalue weighted by Crippen LogP contribution is -2.21. The maximum Gasteiger partial charge on any atom is 0.161 e. The Morgan fingerprint density at radius 3 is 2.75 bits per heavy atom. The third kappa shape index (κ3) is 2.32. The van der Waals surface area contributed by atoms with E-state index in [1.54, 1.807) is 19.3 Å². The largest absolute Gasteiger partial charge is 0.486 e. The average Bonchev–Trinajstić information content (AvgIpc) is 2.50. The summed E-state index contributed by atoms with van der Waals surface area (Å²) in [5.41, 5.74) is 1.25. The summed E-state index contributed by atoms with van der Waals surface area (Å²) in [5, 5.41) is 3.08. The van der Waals surface area contributed by atoms with Crippen LogP contribution in [0.3, 0.4) is 0 Å². The van der Waals surface area contributed by atoms with E-state index in [0.29, 0.717) is 24.7 Å². The number of benzene rings is 1. The molecule has 3 rings (SSSR count). The van der Waals surface area contributed by atoms with Gasteiger partial charge in [-0.05, 0) is 36.9 Å². The molecule has 0 radical (unpaired) electrons. The highest BCUT2D eigenvalue weighted by Gasteiger charge is 2.20. The van der Waals surface area contributed by atoms with Gasteiger partial charge in [-0.2, -0.15) is 0 Å². The molecular weight excluding hydrogens is 259 g/mol. The van der Waals surface area contributed by atoms with Crippen LogP contribution >= 0.6 is 0 Å². The topological polar surface area (TPSA) is 43.4 Å². The van der Waals surface area contributed by atoms with Crippen molar-refractivity contribution in [1.29, 1.82) is 0 Å². The summed E-state index contributed by atoms with van der Waals surface area (Å²) in [7, 11) is 1.77. The summed E-state index contributed by atoms with van der Waals surface area (Å²) in [4.78, 5) is 4.13. The number of rotatable bonds is 3. The van der Waals surface area contributed by atoms with Gasteiger partial charge in [-0.1, -0.05) is 6.07 Å². The smallest absolute Gasteiger partial charge is 0.161 e. The van der Waals surface area contributed by atoms with E-state index in [4.69, 9.17) is 9.47 Å². The Labute approximate surface area is 116 Å². The zero-order chi connectivity index (χ0) is 13.9. The molecule has 0 spiro atoms. The van der Waals surface area contributed by atoms with Gasteiger partial charge in [0.05, 0.1) is 11.7 Å². The van der Waals surface area contributed by atoms with Gasteiger partial charge in [0.25, 0.3) is 0 Å². The van der Waals surface area contributed by atoms with Crippen molar-refractivity contribution >= 4 is 0 Å². The van der Waals surface area contributed by atoms with Crippen molar-refractivity contribution in [1.82, 2.24) is 10.3 Å². The summed E-state index contributed by atoms with van der Waals surface area (Å²) >= 11 is 0. The molecule has 0 aliphatic carbocycles. The number of halogens is 1. The highest BCUT2D eigenvalue weighted by Crippen LogP contribution is 2.34. The molecule has 0 saturated carbocycles. The van der Waals surface area contributed by atoms with E-state index >= 15 is 0 Å². The minimum atomic E-state index is -0.332. The second-order valence-corrected chi connectivity index (χ2v) is 4.50. The van der Waals surface area contributed by atoms with Crippen LogP contribution in [0.25, 0.3) is 0 Å². The first-order valence-corrected chi connectivity index (χ1v) is 6.47. The number of hydrogen-bond acceptors (Lipinski definition) is 4. The van der Waals surface area contributed by atoms with Crippen molar-refractivity contribution in [2.45, 2.75) is 6.04 Å². The predicted octanol–water partition coefficient (Wildman–Crippen LogP) is 2.30. The van der Waals surface area contributed by atoms with E-state index in [1.807, 2.05) is 18.2 Å². The SMILES string of the molecule is CNC(c1ccc2c(c1)OCCO2)c1ncccc1F. The molecule has 1 aliphatic heterocycles. The van der Waals surface area contributed by atoms with Crippen LogP contribution in [0.5, 0.6) is 11.5 Å². The highest BCUT2D eigenvalue weighted by atomic mass is 19.1. The molecule has 1 aromatic heterocycles. The Kier molecular flexibility index (Phi) is 3.52. The molecule has 4 nitrogen and oxygen atoms in total. The van der Waals surface area contributed by atoms with Crippen molar-refractivity contribution in [3.63, 3.8) is 0 Å². The van der Waals surface area contributed by atoms with Crippen molar-refractivity contribution in [3.05, 3.63) is 53.6 Å². The van der Waals surface area contributed by atoms with Crippen molar-refractivity contribution in [2.75, 3.05) is 20.3 Å². The molecule has 0 fully saturated rings. The Hall–Kier alpha value is -2.14. The molecule has 1 atom stereocenters. The molecular formula is C15H15FN2O2. The number of ether oxygens (including phenoxy) is 2. The van der Waals surface area contributed by atoms with Crippen LogP contribution in [-0.4, -0.2) is 25.2 Å². The molecule has 0 bridgehead atoms. The van der Waals surface area contributed by atoms with E-state index in [1.165, 1.54) is 6.07 Å². The number of aromatic nitrogens is 1. The minimum absolute atomic E-state index is 0.327. The fourth-order valence-electron chi connectivity index (χ4n) is 2.31. The first kappa shape index (κ1) is 12.9. The Balaban J connectivity index is 1.99. The van der Waals surface area contributed by atoms with Gasteiger partial charge in [0.15, 0.2) is 11.5 Å². The van der Waals surface area contributed by atoms with E-state index in [9.17, 15) is 4.39 Å². The molecule has 20 heavy (non-hydrogen) atoms. The lowest BCUT2D eigenvalue weighted by atomic mass is 10.0. The van der Waals surface area contributed by atoms with Crippen molar-refractivity contribution < 1.29 is 13.9 Å². The number of pyridine rings is 1. The van der Waals surface area contributed by atoms with E-state index < -0.39 is 0 Å². The van der Waals surface area contributed by atoms with Crippen LogP contribution < -0.4 is 14.8 Å². The number of nitrogens with one attached hydrogen (secondary N) is 1. The van der Waals surface area contributed by atoms with Gasteiger partial charge >= 0.3 is 0 Å². The molecule has 0 amide bonds. The molecule has 2 aromatic rings. The van der Waals surface area contributed by atoms with Gasteiger partial charge in [0.2, 0.25) is 0 Å². The summed E-state index contributed by atoms with van der Waals surface area (Å²) in [6.07, 6.45) is 1.58. The second kappa shape index (κ2) is 5.46. The third-order valence-corrected chi connectivity index (χ3v) is 3.25. The van der Waals surface area contributed by atoms with E-state index in [-0.39, 0.29) is 11.9 Å². The average molecular weight is 274 g/mol. The standard InChI is InChI=1S/C15H15FN2O2/c1-17-14(15-11(16)3-2-6-18-15)10-4-5-12-13(9-10)20-8-7-19-12/h2-6,9,14,17H,7-8H2,1H3. The molecule has 1 aliphatic rings. The Morgan fingerprint density at radius 1 is 1.20 bits per heavy atom. The van der Waals surface area contributed by atoms with Gasteiger partial charge in [0.1, 0.15) is 19.0 Å². The summed E-state index contributed by atoms with van der Waals surface area (Å²) in [5.74, 6) is 1.07. The molecule has 1 aromatic carbocycles. The number of hydrogen-bond donors (Lipinski definition) is 1. The monoisotopic (exact) mass is 274 g/mol. The first-order chi connectivity index (χ1) is 9.79. The maximum atomic E-state index is 13.9.